The van der Waals surface area contributed by atoms with Gasteiger partial charge in [-0.3, -0.25) is 9.97 Å². The van der Waals surface area contributed by atoms with E-state index in [-0.39, 0.29) is 5.03 Å². The van der Waals surface area contributed by atoms with E-state index in [1.54, 1.807) is 57.7 Å². The van der Waals surface area contributed by atoms with Crippen LogP contribution < -0.4 is 4.90 Å². The Morgan fingerprint density at radius 2 is 1.82 bits per heavy atom. The average Bonchev–Trinajstić information content (AvgIpc) is 2.47. The van der Waals surface area contributed by atoms with Crippen LogP contribution in [-0.2, 0) is 16.4 Å². The number of nitrogens with zero attached hydrogens (tertiary/aromatic N) is 4. The van der Waals surface area contributed by atoms with Crippen LogP contribution in [0.1, 0.15) is 26.5 Å². The molecule has 6 nitrogen and oxygen atoms in total. The largest absolute Gasteiger partial charge is 0.367 e. The van der Waals surface area contributed by atoms with Gasteiger partial charge in [0.05, 0.1) is 35.1 Å². The van der Waals surface area contributed by atoms with Crippen molar-refractivity contribution in [3.05, 3.63) is 42.6 Å². The van der Waals surface area contributed by atoms with Gasteiger partial charge in [-0.1, -0.05) is 0 Å². The van der Waals surface area contributed by atoms with Crippen LogP contribution >= 0.6 is 0 Å². The number of pyridine rings is 1. The zero-order chi connectivity index (χ0) is 16.4. The molecule has 0 spiro atoms. The zero-order valence-electron chi connectivity index (χ0n) is 13.2. The monoisotopic (exact) mass is 320 g/mol. The van der Waals surface area contributed by atoms with Gasteiger partial charge in [-0.15, -0.1) is 0 Å². The highest BCUT2D eigenvalue weighted by molar-refractivity contribution is 7.92. The minimum Gasteiger partial charge on any atom is -0.367 e. The third-order valence-electron chi connectivity index (χ3n) is 3.26. The van der Waals surface area contributed by atoms with Gasteiger partial charge in [-0.2, -0.15) is 0 Å². The first-order valence-electron chi connectivity index (χ1n) is 6.88. The molecule has 0 atom stereocenters. The van der Waals surface area contributed by atoms with E-state index >= 15 is 0 Å². The van der Waals surface area contributed by atoms with Crippen molar-refractivity contribution in [1.82, 2.24) is 15.0 Å². The molecule has 0 aliphatic heterocycles. The second-order valence-corrected chi connectivity index (χ2v) is 8.67. The third-order valence-corrected chi connectivity index (χ3v) is 5.66. The molecular weight excluding hydrogens is 300 g/mol. The Hall–Kier alpha value is -2.02. The van der Waals surface area contributed by atoms with E-state index in [4.69, 9.17) is 0 Å². The molecule has 118 valence electrons. The Bertz CT molecular complexity index is 722. The molecule has 0 aromatic carbocycles. The second kappa shape index (κ2) is 6.00. The van der Waals surface area contributed by atoms with Crippen molar-refractivity contribution in [2.24, 2.45) is 0 Å². The lowest BCUT2D eigenvalue weighted by molar-refractivity contribution is 0.556. The van der Waals surface area contributed by atoms with Crippen molar-refractivity contribution in [1.29, 1.82) is 0 Å². The van der Waals surface area contributed by atoms with E-state index in [0.717, 1.165) is 11.4 Å². The Balaban J connectivity index is 2.19. The van der Waals surface area contributed by atoms with Gasteiger partial charge in [0.1, 0.15) is 0 Å². The number of rotatable bonds is 4. The van der Waals surface area contributed by atoms with Crippen molar-refractivity contribution in [3.8, 4) is 0 Å². The predicted octanol–water partition coefficient (Wildman–Crippen LogP) is 2.08. The molecule has 7 heteroatoms. The standard InChI is InChI=1S/C15H20N4O2S/c1-15(2,3)22(20,21)14-6-5-13(10-18-14)19(4)11-12-9-16-7-8-17-12/h5-10H,11H2,1-4H3. The molecule has 0 aliphatic rings. The number of hydrogen-bond donors (Lipinski definition) is 0. The molecule has 0 saturated carbocycles. The Labute approximate surface area is 131 Å². The summed E-state index contributed by atoms with van der Waals surface area (Å²) in [6.07, 6.45) is 6.52. The highest BCUT2D eigenvalue weighted by atomic mass is 32.2. The molecule has 0 unspecified atom stereocenters. The summed E-state index contributed by atoms with van der Waals surface area (Å²) < 4.78 is 23.8. The molecule has 0 bridgehead atoms. The fourth-order valence-electron chi connectivity index (χ4n) is 1.82. The van der Waals surface area contributed by atoms with E-state index in [9.17, 15) is 8.42 Å². The van der Waals surface area contributed by atoms with Gasteiger partial charge in [0.25, 0.3) is 0 Å². The lowest BCUT2D eigenvalue weighted by Crippen LogP contribution is -2.28. The van der Waals surface area contributed by atoms with Gasteiger partial charge in [0, 0.05) is 19.4 Å². The lowest BCUT2D eigenvalue weighted by Gasteiger charge is -2.21. The molecule has 0 radical (unpaired) electrons. The van der Waals surface area contributed by atoms with Crippen LogP contribution in [0.2, 0.25) is 0 Å². The average molecular weight is 320 g/mol. The van der Waals surface area contributed by atoms with Crippen LogP contribution in [0.5, 0.6) is 0 Å². The van der Waals surface area contributed by atoms with E-state index in [1.807, 2.05) is 11.9 Å². The summed E-state index contributed by atoms with van der Waals surface area (Å²) in [5, 5.41) is 0.0941. The van der Waals surface area contributed by atoms with E-state index in [1.165, 1.54) is 0 Å². The lowest BCUT2D eigenvalue weighted by atomic mass is 10.3. The minimum absolute atomic E-state index is 0.0941. The van der Waals surface area contributed by atoms with Gasteiger partial charge >= 0.3 is 0 Å². The van der Waals surface area contributed by atoms with Crippen molar-refractivity contribution in [2.75, 3.05) is 11.9 Å². The smallest absolute Gasteiger partial charge is 0.200 e. The Kier molecular flexibility index (Phi) is 4.46. The van der Waals surface area contributed by atoms with E-state index in [0.29, 0.717) is 6.54 Å². The summed E-state index contributed by atoms with van der Waals surface area (Å²) in [5.74, 6) is 0. The molecule has 22 heavy (non-hydrogen) atoms. The summed E-state index contributed by atoms with van der Waals surface area (Å²) in [5.41, 5.74) is 1.65. The first kappa shape index (κ1) is 16.4. The van der Waals surface area contributed by atoms with E-state index in [2.05, 4.69) is 15.0 Å². The molecule has 2 heterocycles. The fraction of sp³-hybridized carbons (Fsp3) is 0.400. The van der Waals surface area contributed by atoms with Crippen LogP contribution in [-0.4, -0.2) is 35.2 Å². The van der Waals surface area contributed by atoms with Gasteiger partial charge < -0.3 is 4.90 Å². The molecule has 0 N–H and O–H groups in total. The summed E-state index contributed by atoms with van der Waals surface area (Å²) >= 11 is 0. The normalized spacial score (nSPS) is 12.2. The second-order valence-electron chi connectivity index (χ2n) is 6.02. The number of anilines is 1. The van der Waals surface area contributed by atoms with Gasteiger partial charge in [0.15, 0.2) is 14.9 Å². The van der Waals surface area contributed by atoms with Crippen molar-refractivity contribution in [3.63, 3.8) is 0 Å². The summed E-state index contributed by atoms with van der Waals surface area (Å²) in [7, 11) is -1.54. The van der Waals surface area contributed by atoms with Gasteiger partial charge in [-0.25, -0.2) is 13.4 Å². The van der Waals surface area contributed by atoms with Crippen LogP contribution in [0.25, 0.3) is 0 Å². The highest BCUT2D eigenvalue weighted by Crippen LogP contribution is 2.24. The van der Waals surface area contributed by atoms with Crippen molar-refractivity contribution < 1.29 is 8.42 Å². The molecule has 2 aromatic heterocycles. The quantitative estimate of drug-likeness (QED) is 0.858. The van der Waals surface area contributed by atoms with Gasteiger partial charge in [-0.05, 0) is 32.9 Å². The summed E-state index contributed by atoms with van der Waals surface area (Å²) in [6, 6.07) is 3.30. The van der Waals surface area contributed by atoms with Gasteiger partial charge in [0.2, 0.25) is 0 Å². The summed E-state index contributed by atoms with van der Waals surface area (Å²) in [6.45, 7) is 5.56. The number of hydrogen-bond acceptors (Lipinski definition) is 6. The molecule has 0 amide bonds. The fourth-order valence-corrected chi connectivity index (χ4v) is 2.88. The first-order valence-corrected chi connectivity index (χ1v) is 8.37. The Morgan fingerprint density at radius 3 is 2.32 bits per heavy atom. The van der Waals surface area contributed by atoms with Crippen LogP contribution in [0.4, 0.5) is 5.69 Å². The maximum Gasteiger partial charge on any atom is 0.200 e. The number of aromatic nitrogens is 3. The third kappa shape index (κ3) is 3.41. The SMILES string of the molecule is CN(Cc1cnccn1)c1ccc(S(=O)(=O)C(C)(C)C)nc1. The van der Waals surface area contributed by atoms with Crippen molar-refractivity contribution >= 4 is 15.5 Å². The Morgan fingerprint density at radius 1 is 1.09 bits per heavy atom. The number of sulfone groups is 1. The highest BCUT2D eigenvalue weighted by Gasteiger charge is 2.31. The molecule has 0 aliphatic carbocycles. The molecular formula is C15H20N4O2S. The van der Waals surface area contributed by atoms with Crippen LogP contribution in [0, 0.1) is 0 Å². The first-order chi connectivity index (χ1) is 10.2. The summed E-state index contributed by atoms with van der Waals surface area (Å²) in [4.78, 5) is 14.3. The maximum absolute atomic E-state index is 12.3. The van der Waals surface area contributed by atoms with E-state index < -0.39 is 14.6 Å². The maximum atomic E-state index is 12.3. The predicted molar refractivity (Wildman–Crippen MR) is 85.3 cm³/mol. The minimum atomic E-state index is -3.43. The zero-order valence-corrected chi connectivity index (χ0v) is 14.0. The van der Waals surface area contributed by atoms with Crippen molar-refractivity contribution in [2.45, 2.75) is 37.1 Å². The molecule has 0 fully saturated rings. The molecule has 0 saturated heterocycles. The molecule has 2 aromatic rings. The van der Waals surface area contributed by atoms with Crippen LogP contribution in [0.15, 0.2) is 41.9 Å². The topological polar surface area (TPSA) is 76.1 Å². The molecule has 2 rings (SSSR count). The van der Waals surface area contributed by atoms with Crippen LogP contribution in [0.3, 0.4) is 0 Å².